The van der Waals surface area contributed by atoms with Crippen molar-refractivity contribution in [3.63, 3.8) is 0 Å². The van der Waals surface area contributed by atoms with Crippen molar-refractivity contribution in [3.05, 3.63) is 89.0 Å². The fourth-order valence-corrected chi connectivity index (χ4v) is 5.57. The van der Waals surface area contributed by atoms with Gasteiger partial charge in [-0.15, -0.1) is 11.8 Å². The van der Waals surface area contributed by atoms with E-state index in [9.17, 15) is 13.2 Å². The van der Waals surface area contributed by atoms with Crippen molar-refractivity contribution < 1.29 is 13.2 Å². The minimum absolute atomic E-state index is 0.121. The van der Waals surface area contributed by atoms with Crippen molar-refractivity contribution >= 4 is 39.1 Å². The second-order valence-electron chi connectivity index (χ2n) is 8.53. The highest BCUT2D eigenvalue weighted by molar-refractivity contribution is 7.98. The molecule has 0 aliphatic carbocycles. The maximum Gasteiger partial charge on any atom is 0.232 e. The molecule has 0 spiro atoms. The Morgan fingerprint density at radius 1 is 0.941 bits per heavy atom. The number of amides is 1. The fourth-order valence-electron chi connectivity index (χ4n) is 3.69. The summed E-state index contributed by atoms with van der Waals surface area (Å²) in [6.07, 6.45) is 1.87. The summed E-state index contributed by atoms with van der Waals surface area (Å²) in [6.45, 7) is 6.07. The topological polar surface area (TPSA) is 66.5 Å². The molecule has 3 aromatic rings. The molecule has 0 heterocycles. The lowest BCUT2D eigenvalue weighted by atomic mass is 10.1. The van der Waals surface area contributed by atoms with Crippen molar-refractivity contribution in [3.8, 4) is 0 Å². The van der Waals surface area contributed by atoms with Crippen LogP contribution in [-0.2, 0) is 20.6 Å². The lowest BCUT2D eigenvalue weighted by Crippen LogP contribution is -2.32. The monoisotopic (exact) mass is 496 g/mol. The summed E-state index contributed by atoms with van der Waals surface area (Å²) in [7, 11) is -3.45. The summed E-state index contributed by atoms with van der Waals surface area (Å²) < 4.78 is 26.2. The van der Waals surface area contributed by atoms with Crippen molar-refractivity contribution in [1.29, 1.82) is 0 Å². The number of benzene rings is 3. The Balaban J connectivity index is 1.56. The van der Waals surface area contributed by atoms with Crippen LogP contribution in [-0.4, -0.2) is 27.1 Å². The molecule has 34 heavy (non-hydrogen) atoms. The number of rotatable bonds is 10. The molecule has 3 aromatic carbocycles. The Labute approximate surface area is 207 Å². The van der Waals surface area contributed by atoms with Gasteiger partial charge in [0.2, 0.25) is 15.9 Å². The smallest absolute Gasteiger partial charge is 0.232 e. The van der Waals surface area contributed by atoms with E-state index in [1.807, 2.05) is 69.3 Å². The third kappa shape index (κ3) is 7.37. The van der Waals surface area contributed by atoms with Crippen LogP contribution in [0.5, 0.6) is 0 Å². The van der Waals surface area contributed by atoms with Gasteiger partial charge in [0.15, 0.2) is 0 Å². The molecule has 0 radical (unpaired) electrons. The van der Waals surface area contributed by atoms with Gasteiger partial charge in [0.25, 0.3) is 0 Å². The van der Waals surface area contributed by atoms with E-state index in [1.165, 1.54) is 21.0 Å². The van der Waals surface area contributed by atoms with Crippen LogP contribution in [0, 0.1) is 20.8 Å². The lowest BCUT2D eigenvalue weighted by molar-refractivity contribution is -0.116. The third-order valence-electron chi connectivity index (χ3n) is 5.51. The van der Waals surface area contributed by atoms with E-state index in [4.69, 9.17) is 0 Å². The Morgan fingerprint density at radius 2 is 1.68 bits per heavy atom. The first-order chi connectivity index (χ1) is 16.1. The molecule has 1 amide bonds. The summed E-state index contributed by atoms with van der Waals surface area (Å²) >= 11 is 1.78. The van der Waals surface area contributed by atoms with E-state index >= 15 is 0 Å². The molecular weight excluding hydrogens is 464 g/mol. The first kappa shape index (κ1) is 25.8. The van der Waals surface area contributed by atoms with Gasteiger partial charge in [-0.2, -0.15) is 0 Å². The van der Waals surface area contributed by atoms with Crippen LogP contribution in [0.4, 0.5) is 11.4 Å². The predicted octanol–water partition coefficient (Wildman–Crippen LogP) is 6.09. The zero-order valence-corrected chi connectivity index (χ0v) is 21.8. The molecule has 0 atom stereocenters. The Kier molecular flexibility index (Phi) is 8.80. The quantitative estimate of drug-likeness (QED) is 0.345. The van der Waals surface area contributed by atoms with Crippen LogP contribution in [0.2, 0.25) is 0 Å². The van der Waals surface area contributed by atoms with Gasteiger partial charge in [-0.1, -0.05) is 42.5 Å². The van der Waals surface area contributed by atoms with Crippen molar-refractivity contribution in [2.75, 3.05) is 22.4 Å². The Hall–Kier alpha value is -2.77. The molecule has 0 aliphatic rings. The molecule has 0 fully saturated rings. The van der Waals surface area contributed by atoms with Gasteiger partial charge >= 0.3 is 0 Å². The van der Waals surface area contributed by atoms with E-state index in [-0.39, 0.29) is 18.9 Å². The average Bonchev–Trinajstić information content (AvgIpc) is 2.79. The van der Waals surface area contributed by atoms with E-state index in [0.29, 0.717) is 12.1 Å². The van der Waals surface area contributed by atoms with Gasteiger partial charge in [-0.3, -0.25) is 9.10 Å². The van der Waals surface area contributed by atoms with Crippen molar-refractivity contribution in [2.45, 2.75) is 44.3 Å². The maximum atomic E-state index is 12.6. The second kappa shape index (κ2) is 11.6. The largest absolute Gasteiger partial charge is 0.326 e. The number of hydrogen-bond acceptors (Lipinski definition) is 4. The number of carbonyl (C=O) groups excluding carboxylic acids is 1. The highest BCUT2D eigenvalue weighted by Gasteiger charge is 2.19. The summed E-state index contributed by atoms with van der Waals surface area (Å²) in [6, 6.07) is 22.1. The van der Waals surface area contributed by atoms with Crippen molar-refractivity contribution in [1.82, 2.24) is 0 Å². The number of aryl methyl sites for hydroxylation is 3. The number of nitrogens with one attached hydrogen (secondary N) is 1. The lowest BCUT2D eigenvalue weighted by Gasteiger charge is -2.24. The predicted molar refractivity (Wildman–Crippen MR) is 143 cm³/mol. The Bertz CT molecular complexity index is 1240. The molecule has 0 aliphatic heterocycles. The SMILES string of the molecule is Cc1ccc(C)c(N(CCCC(=O)Nc2ccc(CSc3ccccc3)cc2C)S(C)(=O)=O)c1. The molecule has 7 heteroatoms. The zero-order chi connectivity index (χ0) is 24.7. The molecule has 0 aromatic heterocycles. The first-order valence-corrected chi connectivity index (χ1v) is 14.1. The molecule has 0 saturated heterocycles. The molecule has 0 unspecified atom stereocenters. The Morgan fingerprint density at radius 3 is 2.35 bits per heavy atom. The van der Waals surface area contributed by atoms with Crippen molar-refractivity contribution in [2.24, 2.45) is 0 Å². The van der Waals surface area contributed by atoms with E-state index in [2.05, 4.69) is 23.5 Å². The highest BCUT2D eigenvalue weighted by Crippen LogP contribution is 2.26. The summed E-state index contributed by atoms with van der Waals surface area (Å²) in [5, 5.41) is 2.97. The van der Waals surface area contributed by atoms with E-state index in [0.717, 1.165) is 28.1 Å². The number of thioether (sulfide) groups is 1. The minimum Gasteiger partial charge on any atom is -0.326 e. The normalized spacial score (nSPS) is 11.3. The van der Waals surface area contributed by atoms with Crippen LogP contribution in [0.1, 0.15) is 35.1 Å². The number of hydrogen-bond donors (Lipinski definition) is 1. The van der Waals surface area contributed by atoms with E-state index in [1.54, 1.807) is 11.8 Å². The van der Waals surface area contributed by atoms with Gasteiger partial charge in [0.1, 0.15) is 0 Å². The average molecular weight is 497 g/mol. The van der Waals surface area contributed by atoms with Gasteiger partial charge < -0.3 is 5.32 Å². The summed E-state index contributed by atoms with van der Waals surface area (Å²) in [5.74, 6) is 0.739. The van der Waals surface area contributed by atoms with Gasteiger partial charge in [0.05, 0.1) is 11.9 Å². The zero-order valence-electron chi connectivity index (χ0n) is 20.2. The van der Waals surface area contributed by atoms with Crippen LogP contribution in [0.15, 0.2) is 71.6 Å². The summed E-state index contributed by atoms with van der Waals surface area (Å²) in [4.78, 5) is 13.8. The van der Waals surface area contributed by atoms with Gasteiger partial charge in [-0.05, 0) is 73.7 Å². The fraction of sp³-hybridized carbons (Fsp3) is 0.296. The number of nitrogens with zero attached hydrogens (tertiary/aromatic N) is 1. The van der Waals surface area contributed by atoms with Gasteiger partial charge in [-0.25, -0.2) is 8.42 Å². The van der Waals surface area contributed by atoms with E-state index < -0.39 is 10.0 Å². The second-order valence-corrected chi connectivity index (χ2v) is 11.5. The number of carbonyl (C=O) groups is 1. The minimum atomic E-state index is -3.45. The molecule has 0 saturated carbocycles. The number of sulfonamides is 1. The van der Waals surface area contributed by atoms with Crippen LogP contribution >= 0.6 is 11.8 Å². The molecule has 1 N–H and O–H groups in total. The molecule has 3 rings (SSSR count). The van der Waals surface area contributed by atoms with Crippen LogP contribution in [0.25, 0.3) is 0 Å². The maximum absolute atomic E-state index is 12.6. The highest BCUT2D eigenvalue weighted by atomic mass is 32.2. The molecule has 5 nitrogen and oxygen atoms in total. The summed E-state index contributed by atoms with van der Waals surface area (Å²) in [5.41, 5.74) is 5.54. The van der Waals surface area contributed by atoms with Gasteiger partial charge in [0, 0.05) is 29.3 Å². The first-order valence-electron chi connectivity index (χ1n) is 11.3. The molecular formula is C27H32N2O3S2. The van der Waals surface area contributed by atoms with Crippen LogP contribution in [0.3, 0.4) is 0 Å². The third-order valence-corrected chi connectivity index (χ3v) is 7.78. The standard InChI is InChI=1S/C27H32N2O3S2/c1-20-12-13-21(2)26(17-20)29(34(4,31)32)16-8-11-27(30)28-25-15-14-23(18-22(25)3)19-33-24-9-6-5-7-10-24/h5-7,9-10,12-15,17-18H,8,11,16,19H2,1-4H3,(H,28,30). The number of anilines is 2. The van der Waals surface area contributed by atoms with Crippen LogP contribution < -0.4 is 9.62 Å². The molecule has 180 valence electrons. The molecule has 0 bridgehead atoms.